The molecule has 2 rings (SSSR count). The van der Waals surface area contributed by atoms with E-state index in [0.29, 0.717) is 15.8 Å². The molecule has 0 aromatic rings. The average molecular weight is 547 g/mol. The molecule has 0 radical (unpaired) electrons. The summed E-state index contributed by atoms with van der Waals surface area (Å²) in [6.45, 7) is 9.79. The van der Waals surface area contributed by atoms with Gasteiger partial charge in [0.25, 0.3) is 0 Å². The van der Waals surface area contributed by atoms with Gasteiger partial charge in [-0.3, -0.25) is 0 Å². The molecule has 0 N–H and O–H groups in total. The molecule has 0 bridgehead atoms. The van der Waals surface area contributed by atoms with Crippen LogP contribution in [0.5, 0.6) is 0 Å². The van der Waals surface area contributed by atoms with E-state index in [2.05, 4.69) is 27.7 Å². The molecule has 0 nitrogen and oxygen atoms in total. The molecule has 0 amide bonds. The summed E-state index contributed by atoms with van der Waals surface area (Å²) in [5, 5.41) is 0. The second kappa shape index (κ2) is 12.3. The third kappa shape index (κ3) is 5.71. The standard InChI is InChI=1S/C18H36P2.Au.ClH/c1-5-15-9-10-16(6-2)19(15)13-14-20-17(7-3)11-12-18(20)8-4;;/h15-18H,5-14H2,1-4H3;;1H/q;+1;/p-1. The van der Waals surface area contributed by atoms with Crippen molar-refractivity contribution in [2.24, 2.45) is 0 Å². The van der Waals surface area contributed by atoms with Crippen molar-refractivity contribution < 1.29 is 34.8 Å². The molecule has 22 heavy (non-hydrogen) atoms. The Morgan fingerprint density at radius 3 is 1.00 bits per heavy atom. The van der Waals surface area contributed by atoms with Gasteiger partial charge in [0.15, 0.2) is 0 Å². The van der Waals surface area contributed by atoms with Gasteiger partial charge in [-0.2, -0.15) is 0 Å². The normalized spacial score (nSPS) is 37.6. The molecule has 2 heterocycles. The average Bonchev–Trinajstić information content (AvgIpc) is 3.07. The van der Waals surface area contributed by atoms with Gasteiger partial charge in [0, 0.05) is 0 Å². The van der Waals surface area contributed by atoms with E-state index in [1.165, 1.54) is 25.7 Å². The summed E-state index contributed by atoms with van der Waals surface area (Å²) >= 11 is 0. The van der Waals surface area contributed by atoms with Crippen molar-refractivity contribution in [3.8, 4) is 0 Å². The second-order valence-corrected chi connectivity index (χ2v) is 12.8. The molecule has 2 fully saturated rings. The molecule has 4 heteroatoms. The largest absolute Gasteiger partial charge is 1.00 e. The summed E-state index contributed by atoms with van der Waals surface area (Å²) in [5.41, 5.74) is 4.53. The van der Waals surface area contributed by atoms with E-state index in [1.807, 2.05) is 0 Å². The van der Waals surface area contributed by atoms with E-state index in [4.69, 9.17) is 0 Å². The first-order valence-corrected chi connectivity index (χ1v) is 12.6. The van der Waals surface area contributed by atoms with Gasteiger partial charge in [-0.15, -0.1) is 15.8 Å². The van der Waals surface area contributed by atoms with Crippen molar-refractivity contribution in [2.45, 2.75) is 102 Å². The van der Waals surface area contributed by atoms with Crippen molar-refractivity contribution in [3.63, 3.8) is 0 Å². The van der Waals surface area contributed by atoms with Crippen LogP contribution in [0.2, 0.25) is 0 Å². The van der Waals surface area contributed by atoms with E-state index in [0.717, 1.165) is 22.6 Å². The zero-order valence-electron chi connectivity index (χ0n) is 15.0. The number of hydrogen-bond donors (Lipinski definition) is 0. The SMILES string of the molecule is CCC1CCC(CC)P1CCP1C(CC)CCC1CC.[Au+].[Cl-]. The molecule has 2 aliphatic rings. The van der Waals surface area contributed by atoms with E-state index in [9.17, 15) is 0 Å². The molecular formula is C18H36AuClP2. The van der Waals surface area contributed by atoms with Gasteiger partial charge in [0.1, 0.15) is 0 Å². The fourth-order valence-corrected chi connectivity index (χ4v) is 13.0. The minimum absolute atomic E-state index is 0. The maximum absolute atomic E-state index is 2.45. The Labute approximate surface area is 164 Å². The Morgan fingerprint density at radius 2 is 0.818 bits per heavy atom. The van der Waals surface area contributed by atoms with Crippen LogP contribution in [0.1, 0.15) is 79.1 Å². The van der Waals surface area contributed by atoms with Crippen LogP contribution in [0, 0.1) is 0 Å². The number of rotatable bonds is 7. The van der Waals surface area contributed by atoms with Crippen LogP contribution < -0.4 is 12.4 Å². The van der Waals surface area contributed by atoms with Crippen molar-refractivity contribution in [2.75, 3.05) is 12.3 Å². The molecule has 2 aliphatic heterocycles. The number of hydrogen-bond acceptors (Lipinski definition) is 0. The van der Waals surface area contributed by atoms with Crippen LogP contribution in [0.3, 0.4) is 0 Å². The van der Waals surface area contributed by atoms with Crippen LogP contribution in [0.25, 0.3) is 0 Å². The molecule has 4 unspecified atom stereocenters. The smallest absolute Gasteiger partial charge is 1.00 e. The molecule has 2 saturated heterocycles. The van der Waals surface area contributed by atoms with Gasteiger partial charge in [0.05, 0.1) is 0 Å². The van der Waals surface area contributed by atoms with E-state index >= 15 is 0 Å². The second-order valence-electron chi connectivity index (χ2n) is 6.88. The summed E-state index contributed by atoms with van der Waals surface area (Å²) in [7, 11) is 0.759. The topological polar surface area (TPSA) is 0 Å². The Hall–Kier alpha value is 1.89. The van der Waals surface area contributed by atoms with Crippen LogP contribution in [0.4, 0.5) is 0 Å². The van der Waals surface area contributed by atoms with Crippen molar-refractivity contribution in [3.05, 3.63) is 0 Å². The predicted octanol–water partition coefficient (Wildman–Crippen LogP) is 3.65. The first kappa shape index (κ1) is 23.9. The molecular weight excluding hydrogens is 511 g/mol. The minimum Gasteiger partial charge on any atom is -1.00 e. The summed E-state index contributed by atoms with van der Waals surface area (Å²) in [4.78, 5) is 0. The van der Waals surface area contributed by atoms with Gasteiger partial charge < -0.3 is 12.4 Å². The third-order valence-corrected chi connectivity index (χ3v) is 14.1. The predicted molar refractivity (Wildman–Crippen MR) is 98.4 cm³/mol. The summed E-state index contributed by atoms with van der Waals surface area (Å²) in [6.07, 6.45) is 15.4. The van der Waals surface area contributed by atoms with E-state index in [-0.39, 0.29) is 34.8 Å². The fourth-order valence-electron chi connectivity index (χ4n) is 4.74. The number of halogens is 1. The Balaban J connectivity index is 0.00000220. The maximum Gasteiger partial charge on any atom is 1.00 e. The van der Waals surface area contributed by atoms with Gasteiger partial charge in [-0.05, 0) is 86.3 Å². The van der Waals surface area contributed by atoms with Gasteiger partial charge >= 0.3 is 22.4 Å². The molecule has 0 saturated carbocycles. The molecule has 0 aromatic heterocycles. The molecule has 0 aliphatic carbocycles. The Morgan fingerprint density at radius 1 is 0.591 bits per heavy atom. The van der Waals surface area contributed by atoms with E-state index in [1.54, 1.807) is 38.0 Å². The maximum atomic E-state index is 2.45. The quantitative estimate of drug-likeness (QED) is 0.338. The monoisotopic (exact) mass is 546 g/mol. The zero-order valence-corrected chi connectivity index (χ0v) is 19.7. The Bertz CT molecular complexity index is 238. The van der Waals surface area contributed by atoms with Gasteiger partial charge in [0.2, 0.25) is 0 Å². The zero-order chi connectivity index (χ0) is 14.5. The summed E-state index contributed by atoms with van der Waals surface area (Å²) in [6, 6.07) is 0. The van der Waals surface area contributed by atoms with Gasteiger partial charge in [-0.25, -0.2) is 0 Å². The summed E-state index contributed by atoms with van der Waals surface area (Å²) < 4.78 is 0. The van der Waals surface area contributed by atoms with Crippen LogP contribution in [-0.2, 0) is 22.4 Å². The molecule has 0 aromatic carbocycles. The minimum atomic E-state index is 0. The molecule has 0 spiro atoms. The summed E-state index contributed by atoms with van der Waals surface area (Å²) in [5.74, 6) is 0. The van der Waals surface area contributed by atoms with Crippen LogP contribution in [0.15, 0.2) is 0 Å². The van der Waals surface area contributed by atoms with Crippen LogP contribution >= 0.6 is 15.8 Å². The van der Waals surface area contributed by atoms with Crippen molar-refractivity contribution >= 4 is 15.8 Å². The molecule has 136 valence electrons. The first-order chi connectivity index (χ1) is 9.74. The molecule has 4 atom stereocenters. The van der Waals surface area contributed by atoms with Crippen molar-refractivity contribution in [1.29, 1.82) is 0 Å². The van der Waals surface area contributed by atoms with Gasteiger partial charge in [-0.1, -0.05) is 27.7 Å². The van der Waals surface area contributed by atoms with Crippen LogP contribution in [-0.4, -0.2) is 35.0 Å². The van der Waals surface area contributed by atoms with Crippen molar-refractivity contribution in [1.82, 2.24) is 0 Å². The first-order valence-electron chi connectivity index (χ1n) is 9.26. The van der Waals surface area contributed by atoms with E-state index < -0.39 is 0 Å². The third-order valence-electron chi connectivity index (χ3n) is 6.04. The fraction of sp³-hybridized carbons (Fsp3) is 1.00. The Kier molecular flexibility index (Phi) is 13.3.